The number of hydrogen-bond acceptors (Lipinski definition) is 3. The lowest BCUT2D eigenvalue weighted by atomic mass is 10.1. The standard InChI is InChI=1S/C11H15N5/c1-8-6-9(13-12-8)7-11-15-14-10-4-2-3-5-16(10)11/h6H,2-5,7H2,1H3,(H,12,13). The summed E-state index contributed by atoms with van der Waals surface area (Å²) in [5, 5.41) is 15.7. The van der Waals surface area contributed by atoms with Crippen LogP contribution in [0, 0.1) is 6.92 Å². The molecule has 0 aliphatic carbocycles. The van der Waals surface area contributed by atoms with Crippen molar-refractivity contribution < 1.29 is 0 Å². The average Bonchev–Trinajstić information content (AvgIpc) is 2.87. The zero-order valence-electron chi connectivity index (χ0n) is 9.40. The van der Waals surface area contributed by atoms with Gasteiger partial charge in [0, 0.05) is 18.7 Å². The molecule has 0 unspecified atom stereocenters. The third-order valence-electron chi connectivity index (χ3n) is 3.03. The first-order valence-corrected chi connectivity index (χ1v) is 5.75. The van der Waals surface area contributed by atoms with Crippen LogP contribution in [0.1, 0.15) is 35.9 Å². The van der Waals surface area contributed by atoms with E-state index in [1.807, 2.05) is 6.92 Å². The van der Waals surface area contributed by atoms with Crippen molar-refractivity contribution in [1.82, 2.24) is 25.0 Å². The van der Waals surface area contributed by atoms with E-state index in [0.717, 1.165) is 42.4 Å². The normalized spacial score (nSPS) is 15.1. The monoisotopic (exact) mass is 217 g/mol. The van der Waals surface area contributed by atoms with Gasteiger partial charge in [-0.25, -0.2) is 0 Å². The molecule has 0 amide bonds. The lowest BCUT2D eigenvalue weighted by Gasteiger charge is -2.14. The minimum Gasteiger partial charge on any atom is -0.315 e. The molecule has 0 saturated heterocycles. The second-order valence-electron chi connectivity index (χ2n) is 4.36. The van der Waals surface area contributed by atoms with Crippen LogP contribution in [0.5, 0.6) is 0 Å². The van der Waals surface area contributed by atoms with E-state index in [1.54, 1.807) is 0 Å². The van der Waals surface area contributed by atoms with Gasteiger partial charge in [-0.3, -0.25) is 5.10 Å². The van der Waals surface area contributed by atoms with Crippen molar-refractivity contribution in [3.63, 3.8) is 0 Å². The van der Waals surface area contributed by atoms with Crippen molar-refractivity contribution in [3.05, 3.63) is 29.1 Å². The third-order valence-corrected chi connectivity index (χ3v) is 3.03. The Balaban J connectivity index is 1.87. The highest BCUT2D eigenvalue weighted by Gasteiger charge is 2.16. The maximum Gasteiger partial charge on any atom is 0.139 e. The van der Waals surface area contributed by atoms with E-state index in [9.17, 15) is 0 Å². The van der Waals surface area contributed by atoms with Crippen molar-refractivity contribution in [1.29, 1.82) is 0 Å². The maximum atomic E-state index is 4.26. The van der Waals surface area contributed by atoms with Crippen molar-refractivity contribution in [2.75, 3.05) is 0 Å². The molecule has 5 heteroatoms. The molecule has 1 aliphatic rings. The Labute approximate surface area is 93.9 Å². The van der Waals surface area contributed by atoms with Crippen LogP contribution in [0.25, 0.3) is 0 Å². The number of aromatic nitrogens is 5. The van der Waals surface area contributed by atoms with Gasteiger partial charge in [-0.05, 0) is 25.8 Å². The van der Waals surface area contributed by atoms with E-state index in [4.69, 9.17) is 0 Å². The Morgan fingerprint density at radius 1 is 1.38 bits per heavy atom. The second-order valence-corrected chi connectivity index (χ2v) is 4.36. The van der Waals surface area contributed by atoms with E-state index in [0.29, 0.717) is 0 Å². The average molecular weight is 217 g/mol. The first-order chi connectivity index (χ1) is 7.83. The molecule has 0 fully saturated rings. The molecule has 16 heavy (non-hydrogen) atoms. The van der Waals surface area contributed by atoms with Gasteiger partial charge >= 0.3 is 0 Å². The topological polar surface area (TPSA) is 59.4 Å². The van der Waals surface area contributed by atoms with Crippen LogP contribution in [0.2, 0.25) is 0 Å². The van der Waals surface area contributed by atoms with E-state index in [2.05, 4.69) is 31.0 Å². The molecule has 1 N–H and O–H groups in total. The molecule has 0 saturated carbocycles. The summed E-state index contributed by atoms with van der Waals surface area (Å²) in [4.78, 5) is 0. The SMILES string of the molecule is Cc1cc(Cc2nnc3n2CCCC3)n[nH]1. The number of hydrogen-bond donors (Lipinski definition) is 1. The Kier molecular flexibility index (Phi) is 2.23. The van der Waals surface area contributed by atoms with Gasteiger partial charge in [0.1, 0.15) is 11.6 Å². The fourth-order valence-corrected chi connectivity index (χ4v) is 2.23. The molecule has 0 bridgehead atoms. The van der Waals surface area contributed by atoms with Gasteiger partial charge in [0.2, 0.25) is 0 Å². The summed E-state index contributed by atoms with van der Waals surface area (Å²) in [6.45, 7) is 3.07. The molecular weight excluding hydrogens is 202 g/mol. The summed E-state index contributed by atoms with van der Waals surface area (Å²) in [7, 11) is 0. The van der Waals surface area contributed by atoms with Crippen LogP contribution >= 0.6 is 0 Å². The molecule has 0 aromatic carbocycles. The van der Waals surface area contributed by atoms with Crippen LogP contribution < -0.4 is 0 Å². The molecular formula is C11H15N5. The molecule has 2 aromatic rings. The molecule has 3 rings (SSSR count). The highest BCUT2D eigenvalue weighted by molar-refractivity contribution is 5.13. The molecule has 3 heterocycles. The van der Waals surface area contributed by atoms with E-state index in [-0.39, 0.29) is 0 Å². The summed E-state index contributed by atoms with van der Waals surface area (Å²) < 4.78 is 2.24. The number of nitrogens with zero attached hydrogens (tertiary/aromatic N) is 4. The van der Waals surface area contributed by atoms with Gasteiger partial charge in [-0.1, -0.05) is 0 Å². The van der Waals surface area contributed by atoms with E-state index < -0.39 is 0 Å². The predicted octanol–water partition coefficient (Wildman–Crippen LogP) is 1.24. The molecule has 5 nitrogen and oxygen atoms in total. The lowest BCUT2D eigenvalue weighted by molar-refractivity contribution is 0.510. The first-order valence-electron chi connectivity index (χ1n) is 5.75. The molecule has 0 radical (unpaired) electrons. The minimum absolute atomic E-state index is 0.775. The first kappa shape index (κ1) is 9.57. The predicted molar refractivity (Wildman–Crippen MR) is 59.1 cm³/mol. The van der Waals surface area contributed by atoms with Crippen LogP contribution in [0.3, 0.4) is 0 Å². The van der Waals surface area contributed by atoms with Crippen LogP contribution in [-0.4, -0.2) is 25.0 Å². The Morgan fingerprint density at radius 3 is 3.12 bits per heavy atom. The molecule has 2 aromatic heterocycles. The van der Waals surface area contributed by atoms with Crippen molar-refractivity contribution in [3.8, 4) is 0 Å². The smallest absolute Gasteiger partial charge is 0.139 e. The fraction of sp³-hybridized carbons (Fsp3) is 0.545. The maximum absolute atomic E-state index is 4.26. The number of aromatic amines is 1. The summed E-state index contributed by atoms with van der Waals surface area (Å²) in [5.74, 6) is 2.18. The molecule has 84 valence electrons. The molecule has 0 atom stereocenters. The molecule has 0 spiro atoms. The van der Waals surface area contributed by atoms with Gasteiger partial charge < -0.3 is 4.57 Å². The quantitative estimate of drug-likeness (QED) is 0.823. The van der Waals surface area contributed by atoms with Gasteiger partial charge in [-0.15, -0.1) is 10.2 Å². The summed E-state index contributed by atoms with van der Waals surface area (Å²) in [6, 6.07) is 2.06. The fourth-order valence-electron chi connectivity index (χ4n) is 2.23. The van der Waals surface area contributed by atoms with Crippen LogP contribution in [-0.2, 0) is 19.4 Å². The number of aryl methyl sites for hydroxylation is 2. The Morgan fingerprint density at radius 2 is 2.31 bits per heavy atom. The van der Waals surface area contributed by atoms with Crippen molar-refractivity contribution in [2.24, 2.45) is 0 Å². The number of fused-ring (bicyclic) bond motifs is 1. The van der Waals surface area contributed by atoms with Crippen molar-refractivity contribution in [2.45, 2.75) is 39.2 Å². The van der Waals surface area contributed by atoms with E-state index in [1.165, 1.54) is 12.8 Å². The summed E-state index contributed by atoms with van der Waals surface area (Å²) in [6.07, 6.45) is 4.31. The molecule has 1 aliphatic heterocycles. The second kappa shape index (κ2) is 3.73. The van der Waals surface area contributed by atoms with Crippen molar-refractivity contribution >= 4 is 0 Å². The van der Waals surface area contributed by atoms with Crippen LogP contribution in [0.15, 0.2) is 6.07 Å². The lowest BCUT2D eigenvalue weighted by Crippen LogP contribution is -2.13. The van der Waals surface area contributed by atoms with Gasteiger partial charge in [0.15, 0.2) is 0 Å². The van der Waals surface area contributed by atoms with Gasteiger partial charge in [0.25, 0.3) is 0 Å². The third kappa shape index (κ3) is 1.62. The zero-order valence-corrected chi connectivity index (χ0v) is 9.40. The summed E-state index contributed by atoms with van der Waals surface area (Å²) in [5.41, 5.74) is 2.13. The number of nitrogens with one attached hydrogen (secondary N) is 1. The van der Waals surface area contributed by atoms with Crippen LogP contribution in [0.4, 0.5) is 0 Å². The minimum atomic E-state index is 0.775. The highest BCUT2D eigenvalue weighted by Crippen LogP contribution is 2.16. The van der Waals surface area contributed by atoms with E-state index >= 15 is 0 Å². The number of H-pyrrole nitrogens is 1. The largest absolute Gasteiger partial charge is 0.315 e. The zero-order chi connectivity index (χ0) is 11.0. The highest BCUT2D eigenvalue weighted by atomic mass is 15.3. The Hall–Kier alpha value is -1.65. The number of rotatable bonds is 2. The Bertz CT molecular complexity index is 496. The van der Waals surface area contributed by atoms with Gasteiger partial charge in [0.05, 0.1) is 12.1 Å². The van der Waals surface area contributed by atoms with Gasteiger partial charge in [-0.2, -0.15) is 5.10 Å². The summed E-state index contributed by atoms with van der Waals surface area (Å²) >= 11 is 0.